The molecule has 0 spiro atoms. The van der Waals surface area contributed by atoms with Crippen LogP contribution in [0, 0.1) is 0 Å². The summed E-state index contributed by atoms with van der Waals surface area (Å²) in [6.45, 7) is 0. The minimum absolute atomic E-state index is 0.370. The molecule has 0 fully saturated rings. The molecular weight excluding hydrogens is 347 g/mol. The zero-order valence-electron chi connectivity index (χ0n) is 13.2. The molecule has 0 aliphatic heterocycles. The van der Waals surface area contributed by atoms with Crippen molar-refractivity contribution in [1.29, 1.82) is 0 Å². The minimum Gasteiger partial charge on any atom is -0.261 e. The highest BCUT2D eigenvalue weighted by atomic mass is 32.1. The summed E-state index contributed by atoms with van der Waals surface area (Å²) in [5.74, 6) is 0. The summed E-state index contributed by atoms with van der Waals surface area (Å²) < 4.78 is 40.1. The summed E-state index contributed by atoms with van der Waals surface area (Å²) >= 11 is 1.42. The van der Waals surface area contributed by atoms with E-state index in [4.69, 9.17) is 0 Å². The molecule has 1 heterocycles. The highest BCUT2D eigenvalue weighted by Gasteiger charge is 2.30. The summed E-state index contributed by atoms with van der Waals surface area (Å²) in [5, 5.41) is 6.27. The molecule has 3 rings (SSSR count). The molecule has 3 nitrogen and oxygen atoms in total. The van der Waals surface area contributed by atoms with Gasteiger partial charge in [0, 0.05) is 18.0 Å². The van der Waals surface area contributed by atoms with E-state index in [1.807, 2.05) is 35.7 Å². The van der Waals surface area contributed by atoms with Crippen molar-refractivity contribution in [2.75, 3.05) is 7.05 Å². The standard InChI is InChI=1S/C18H14F3N3S/c1-22-17-24(16(12-25-17)14-7-3-2-4-8-14)23-11-13-6-5-9-15(10-13)18(19,20)21/h2-12H,1H3/b22-17?,23-11+. The average Bonchev–Trinajstić information content (AvgIpc) is 3.03. The van der Waals surface area contributed by atoms with Crippen molar-refractivity contribution in [1.82, 2.24) is 4.68 Å². The Morgan fingerprint density at radius 2 is 1.80 bits per heavy atom. The van der Waals surface area contributed by atoms with Gasteiger partial charge in [0.1, 0.15) is 0 Å². The molecule has 7 heteroatoms. The van der Waals surface area contributed by atoms with Crippen LogP contribution in [0.4, 0.5) is 13.2 Å². The Hall–Kier alpha value is -2.67. The van der Waals surface area contributed by atoms with E-state index in [1.165, 1.54) is 23.6 Å². The van der Waals surface area contributed by atoms with Gasteiger partial charge in [0.25, 0.3) is 0 Å². The first-order valence-electron chi connectivity index (χ1n) is 7.39. The Morgan fingerprint density at radius 3 is 2.48 bits per heavy atom. The third-order valence-corrected chi connectivity index (χ3v) is 4.39. The van der Waals surface area contributed by atoms with E-state index in [2.05, 4.69) is 10.1 Å². The van der Waals surface area contributed by atoms with Crippen molar-refractivity contribution in [3.8, 4) is 11.3 Å². The molecular formula is C18H14F3N3S. The van der Waals surface area contributed by atoms with E-state index >= 15 is 0 Å². The van der Waals surface area contributed by atoms with Gasteiger partial charge < -0.3 is 0 Å². The maximum Gasteiger partial charge on any atom is 0.416 e. The van der Waals surface area contributed by atoms with Gasteiger partial charge in [-0.15, -0.1) is 11.3 Å². The van der Waals surface area contributed by atoms with Crippen LogP contribution in [0.5, 0.6) is 0 Å². The summed E-state index contributed by atoms with van der Waals surface area (Å²) in [5.41, 5.74) is 1.45. The van der Waals surface area contributed by atoms with Crippen LogP contribution in [0.1, 0.15) is 11.1 Å². The molecule has 0 aliphatic carbocycles. The highest BCUT2D eigenvalue weighted by Crippen LogP contribution is 2.29. The van der Waals surface area contributed by atoms with Crippen LogP contribution in [-0.4, -0.2) is 17.9 Å². The van der Waals surface area contributed by atoms with Gasteiger partial charge in [0.15, 0.2) is 0 Å². The molecule has 2 aromatic carbocycles. The predicted molar refractivity (Wildman–Crippen MR) is 93.7 cm³/mol. The smallest absolute Gasteiger partial charge is 0.261 e. The molecule has 0 saturated carbocycles. The number of alkyl halides is 3. The first kappa shape index (κ1) is 17.2. The maximum absolute atomic E-state index is 12.8. The van der Waals surface area contributed by atoms with E-state index in [9.17, 15) is 13.2 Å². The number of aromatic nitrogens is 1. The van der Waals surface area contributed by atoms with E-state index in [-0.39, 0.29) is 0 Å². The van der Waals surface area contributed by atoms with Crippen molar-refractivity contribution in [2.45, 2.75) is 6.18 Å². The minimum atomic E-state index is -4.38. The topological polar surface area (TPSA) is 29.6 Å². The summed E-state index contributed by atoms with van der Waals surface area (Å²) in [7, 11) is 1.65. The van der Waals surface area contributed by atoms with Gasteiger partial charge >= 0.3 is 6.18 Å². The van der Waals surface area contributed by atoms with Crippen molar-refractivity contribution in [3.63, 3.8) is 0 Å². The first-order valence-corrected chi connectivity index (χ1v) is 8.27. The molecule has 0 radical (unpaired) electrons. The quantitative estimate of drug-likeness (QED) is 0.608. The second-order valence-corrected chi connectivity index (χ2v) is 6.01. The van der Waals surface area contributed by atoms with Crippen LogP contribution < -0.4 is 4.80 Å². The van der Waals surface area contributed by atoms with Gasteiger partial charge in [0.05, 0.1) is 17.5 Å². The first-order chi connectivity index (χ1) is 12.0. The fourth-order valence-electron chi connectivity index (χ4n) is 2.29. The molecule has 1 aromatic heterocycles. The zero-order chi connectivity index (χ0) is 17.9. The number of hydrogen-bond acceptors (Lipinski definition) is 3. The van der Waals surface area contributed by atoms with Crippen molar-refractivity contribution >= 4 is 17.6 Å². The second kappa shape index (κ2) is 7.06. The van der Waals surface area contributed by atoms with E-state index in [0.29, 0.717) is 10.4 Å². The zero-order valence-corrected chi connectivity index (χ0v) is 14.1. The molecule has 0 bridgehead atoms. The molecule has 128 valence electrons. The van der Waals surface area contributed by atoms with Crippen LogP contribution in [0.25, 0.3) is 11.3 Å². The van der Waals surface area contributed by atoms with Crippen LogP contribution in [0.15, 0.2) is 70.1 Å². The van der Waals surface area contributed by atoms with E-state index in [1.54, 1.807) is 17.8 Å². The van der Waals surface area contributed by atoms with Gasteiger partial charge in [-0.05, 0) is 17.7 Å². The Balaban J connectivity index is 2.01. The molecule has 25 heavy (non-hydrogen) atoms. The van der Waals surface area contributed by atoms with Gasteiger partial charge in [-0.1, -0.05) is 42.5 Å². The molecule has 0 amide bonds. The average molecular weight is 361 g/mol. The highest BCUT2D eigenvalue weighted by molar-refractivity contribution is 7.07. The number of benzene rings is 2. The van der Waals surface area contributed by atoms with Crippen LogP contribution in [-0.2, 0) is 6.18 Å². The molecule has 0 unspecified atom stereocenters. The Bertz CT molecular complexity index is 953. The van der Waals surface area contributed by atoms with E-state index < -0.39 is 11.7 Å². The van der Waals surface area contributed by atoms with Crippen LogP contribution in [0.2, 0.25) is 0 Å². The van der Waals surface area contributed by atoms with E-state index in [0.717, 1.165) is 23.4 Å². The lowest BCUT2D eigenvalue weighted by atomic mass is 10.1. The van der Waals surface area contributed by atoms with Crippen LogP contribution >= 0.6 is 11.3 Å². The molecule has 0 aliphatic rings. The largest absolute Gasteiger partial charge is 0.416 e. The predicted octanol–water partition coefficient (Wildman–Crippen LogP) is 4.65. The third-order valence-electron chi connectivity index (χ3n) is 3.48. The summed E-state index contributed by atoms with van der Waals surface area (Å²) in [6, 6.07) is 14.7. The number of hydrogen-bond donors (Lipinski definition) is 0. The van der Waals surface area contributed by atoms with Crippen LogP contribution in [0.3, 0.4) is 0 Å². The fraction of sp³-hybridized carbons (Fsp3) is 0.111. The number of thiazole rings is 1. The SMILES string of the molecule is CN=c1scc(-c2ccccc2)n1/N=C/c1cccc(C(F)(F)F)c1. The monoisotopic (exact) mass is 361 g/mol. The lowest BCUT2D eigenvalue weighted by Crippen LogP contribution is -2.11. The maximum atomic E-state index is 12.8. The fourth-order valence-corrected chi connectivity index (χ4v) is 3.09. The summed E-state index contributed by atoms with van der Waals surface area (Å²) in [4.78, 5) is 4.83. The Morgan fingerprint density at radius 1 is 1.04 bits per heavy atom. The number of halogens is 3. The van der Waals surface area contributed by atoms with Crippen molar-refractivity contribution in [3.05, 3.63) is 75.9 Å². The molecule has 0 N–H and O–H groups in total. The summed E-state index contributed by atoms with van der Waals surface area (Å²) in [6.07, 6.45) is -2.97. The van der Waals surface area contributed by atoms with Crippen molar-refractivity contribution in [2.24, 2.45) is 10.1 Å². The lowest BCUT2D eigenvalue weighted by Gasteiger charge is -2.07. The molecule has 0 atom stereocenters. The Kier molecular flexibility index (Phi) is 4.85. The van der Waals surface area contributed by atoms with Gasteiger partial charge in [-0.25, -0.2) is 4.68 Å². The number of rotatable bonds is 3. The molecule has 0 saturated heterocycles. The lowest BCUT2D eigenvalue weighted by molar-refractivity contribution is -0.137. The van der Waals surface area contributed by atoms with Gasteiger partial charge in [-0.3, -0.25) is 4.99 Å². The van der Waals surface area contributed by atoms with Gasteiger partial charge in [-0.2, -0.15) is 18.3 Å². The second-order valence-electron chi connectivity index (χ2n) is 5.17. The third kappa shape index (κ3) is 3.88. The molecule has 3 aromatic rings. The Labute approximate surface area is 146 Å². The normalized spacial score (nSPS) is 12.9. The van der Waals surface area contributed by atoms with Gasteiger partial charge in [0.2, 0.25) is 4.80 Å². The number of nitrogens with zero attached hydrogens (tertiary/aromatic N) is 3. The van der Waals surface area contributed by atoms with Crippen molar-refractivity contribution < 1.29 is 13.2 Å².